The first-order valence-electron chi connectivity index (χ1n) is 8.35. The molecule has 0 aromatic carbocycles. The van der Waals surface area contributed by atoms with Gasteiger partial charge in [-0.2, -0.15) is 0 Å². The number of aliphatic hydroxyl groups is 1. The van der Waals surface area contributed by atoms with Crippen LogP contribution in [-0.4, -0.2) is 49.8 Å². The lowest BCUT2D eigenvalue weighted by molar-refractivity contribution is 0.251. The minimum atomic E-state index is 0.242. The third-order valence-corrected chi connectivity index (χ3v) is 4.52. The van der Waals surface area contributed by atoms with E-state index in [0.717, 1.165) is 49.1 Å². The van der Waals surface area contributed by atoms with Gasteiger partial charge in [-0.15, -0.1) is 11.3 Å². The fraction of sp³-hybridized carbons (Fsp3) is 0.750. The zero-order valence-electron chi connectivity index (χ0n) is 14.8. The van der Waals surface area contributed by atoms with Crippen LogP contribution >= 0.6 is 11.3 Å². The fourth-order valence-corrected chi connectivity index (χ4v) is 3.01. The zero-order valence-corrected chi connectivity index (χ0v) is 15.6. The SMILES string of the molecule is CCCC(CCO)CNC(=NCc1csc(N(C)C)n1)NCC. The summed E-state index contributed by atoms with van der Waals surface area (Å²) in [5.74, 6) is 1.29. The molecule has 0 spiro atoms. The van der Waals surface area contributed by atoms with Crippen LogP contribution in [0.25, 0.3) is 0 Å². The van der Waals surface area contributed by atoms with Gasteiger partial charge < -0.3 is 20.6 Å². The predicted octanol–water partition coefficient (Wildman–Crippen LogP) is 2.06. The van der Waals surface area contributed by atoms with E-state index in [9.17, 15) is 0 Å². The van der Waals surface area contributed by atoms with Crippen molar-refractivity contribution in [2.45, 2.75) is 39.7 Å². The largest absolute Gasteiger partial charge is 0.396 e. The number of hydrogen-bond acceptors (Lipinski definition) is 5. The Bertz CT molecular complexity index is 455. The maximum absolute atomic E-state index is 9.15. The van der Waals surface area contributed by atoms with Gasteiger partial charge in [0.1, 0.15) is 0 Å². The van der Waals surface area contributed by atoms with Crippen molar-refractivity contribution < 1.29 is 5.11 Å². The molecule has 0 aliphatic carbocycles. The van der Waals surface area contributed by atoms with Gasteiger partial charge in [0.25, 0.3) is 0 Å². The van der Waals surface area contributed by atoms with Crippen LogP contribution in [0.4, 0.5) is 5.13 Å². The quantitative estimate of drug-likeness (QED) is 0.449. The molecule has 1 heterocycles. The van der Waals surface area contributed by atoms with E-state index in [0.29, 0.717) is 12.5 Å². The number of nitrogens with zero attached hydrogens (tertiary/aromatic N) is 3. The molecule has 0 bridgehead atoms. The van der Waals surface area contributed by atoms with Gasteiger partial charge in [0, 0.05) is 39.2 Å². The summed E-state index contributed by atoms with van der Waals surface area (Å²) in [6, 6.07) is 0. The predicted molar refractivity (Wildman–Crippen MR) is 99.4 cm³/mol. The Hall–Kier alpha value is -1.34. The third-order valence-electron chi connectivity index (χ3n) is 3.46. The number of anilines is 1. The highest BCUT2D eigenvalue weighted by Crippen LogP contribution is 2.18. The lowest BCUT2D eigenvalue weighted by atomic mass is 10.0. The molecule has 0 saturated carbocycles. The average Bonchev–Trinajstić information content (AvgIpc) is 2.99. The van der Waals surface area contributed by atoms with E-state index in [2.05, 4.69) is 34.5 Å². The second kappa shape index (κ2) is 11.2. The number of aliphatic imine (C=N–C) groups is 1. The van der Waals surface area contributed by atoms with Crippen LogP contribution in [-0.2, 0) is 6.54 Å². The molecule has 6 nitrogen and oxygen atoms in total. The van der Waals surface area contributed by atoms with Crippen LogP contribution in [0.15, 0.2) is 10.4 Å². The molecule has 3 N–H and O–H groups in total. The summed E-state index contributed by atoms with van der Waals surface area (Å²) in [5.41, 5.74) is 0.983. The number of nitrogens with one attached hydrogen (secondary N) is 2. The highest BCUT2D eigenvalue weighted by molar-refractivity contribution is 7.13. The third kappa shape index (κ3) is 7.65. The average molecular weight is 342 g/mol. The van der Waals surface area contributed by atoms with Crippen LogP contribution in [0, 0.1) is 5.92 Å². The van der Waals surface area contributed by atoms with Gasteiger partial charge in [-0.1, -0.05) is 13.3 Å². The molecule has 0 fully saturated rings. The lowest BCUT2D eigenvalue weighted by Gasteiger charge is -2.18. The molecule has 0 aliphatic heterocycles. The summed E-state index contributed by atoms with van der Waals surface area (Å²) >= 11 is 1.63. The second-order valence-corrected chi connectivity index (χ2v) is 6.60. The molecule has 132 valence electrons. The van der Waals surface area contributed by atoms with Crippen LogP contribution in [0.2, 0.25) is 0 Å². The standard InChI is InChI=1S/C16H31N5OS/c1-5-7-13(8-9-22)10-18-15(17-6-2)19-11-14-12-23-16(20-14)21(3)4/h12-13,22H,5-11H2,1-4H3,(H2,17,18,19). The van der Waals surface area contributed by atoms with E-state index in [1.54, 1.807) is 11.3 Å². The van der Waals surface area contributed by atoms with Gasteiger partial charge in [-0.3, -0.25) is 0 Å². The highest BCUT2D eigenvalue weighted by Gasteiger charge is 2.09. The summed E-state index contributed by atoms with van der Waals surface area (Å²) in [6.45, 7) is 6.70. The molecule has 7 heteroatoms. The molecule has 0 saturated heterocycles. The van der Waals surface area contributed by atoms with E-state index in [4.69, 9.17) is 5.11 Å². The maximum atomic E-state index is 9.15. The Morgan fingerprint density at radius 1 is 1.35 bits per heavy atom. The van der Waals surface area contributed by atoms with Gasteiger partial charge in [0.2, 0.25) is 0 Å². The van der Waals surface area contributed by atoms with Crippen LogP contribution in [0.3, 0.4) is 0 Å². The summed E-state index contributed by atoms with van der Waals surface area (Å²) in [6.07, 6.45) is 3.08. The van der Waals surface area contributed by atoms with Crippen molar-refractivity contribution >= 4 is 22.4 Å². The Balaban J connectivity index is 2.57. The van der Waals surface area contributed by atoms with Gasteiger partial charge in [-0.25, -0.2) is 9.98 Å². The highest BCUT2D eigenvalue weighted by atomic mass is 32.1. The number of guanidine groups is 1. The molecule has 1 atom stereocenters. The van der Waals surface area contributed by atoms with Gasteiger partial charge >= 0.3 is 0 Å². The topological polar surface area (TPSA) is 72.8 Å². The second-order valence-electron chi connectivity index (χ2n) is 5.76. The number of aromatic nitrogens is 1. The molecule has 1 aromatic rings. The van der Waals surface area contributed by atoms with Crippen molar-refractivity contribution in [2.24, 2.45) is 10.9 Å². The zero-order chi connectivity index (χ0) is 17.1. The van der Waals surface area contributed by atoms with Crippen LogP contribution in [0.5, 0.6) is 0 Å². The summed E-state index contributed by atoms with van der Waals surface area (Å²) in [4.78, 5) is 11.2. The minimum Gasteiger partial charge on any atom is -0.396 e. The van der Waals surface area contributed by atoms with E-state index in [-0.39, 0.29) is 6.61 Å². The normalized spacial score (nSPS) is 13.0. The molecule has 1 rings (SSSR count). The van der Waals surface area contributed by atoms with E-state index >= 15 is 0 Å². The van der Waals surface area contributed by atoms with Crippen molar-refractivity contribution in [1.82, 2.24) is 15.6 Å². The van der Waals surface area contributed by atoms with Crippen molar-refractivity contribution in [3.63, 3.8) is 0 Å². The number of rotatable bonds is 10. The van der Waals surface area contributed by atoms with Gasteiger partial charge in [0.15, 0.2) is 11.1 Å². The summed E-state index contributed by atoms with van der Waals surface area (Å²) in [7, 11) is 3.99. The van der Waals surface area contributed by atoms with Crippen molar-refractivity contribution in [1.29, 1.82) is 0 Å². The van der Waals surface area contributed by atoms with Crippen LogP contribution < -0.4 is 15.5 Å². The van der Waals surface area contributed by atoms with E-state index in [1.807, 2.05) is 24.4 Å². The van der Waals surface area contributed by atoms with Crippen LogP contribution in [0.1, 0.15) is 38.8 Å². The monoisotopic (exact) mass is 341 g/mol. The van der Waals surface area contributed by atoms with E-state index < -0.39 is 0 Å². The lowest BCUT2D eigenvalue weighted by Crippen LogP contribution is -2.40. The van der Waals surface area contributed by atoms with Crippen molar-refractivity contribution in [3.05, 3.63) is 11.1 Å². The molecule has 23 heavy (non-hydrogen) atoms. The molecule has 0 aliphatic rings. The Labute approximate surface area is 144 Å². The Morgan fingerprint density at radius 2 is 2.13 bits per heavy atom. The fourth-order valence-electron chi connectivity index (χ4n) is 2.26. The first kappa shape index (κ1) is 19.7. The number of aliphatic hydroxyl groups excluding tert-OH is 1. The Kier molecular flexibility index (Phi) is 9.63. The smallest absolute Gasteiger partial charge is 0.191 e. The molecule has 0 radical (unpaired) electrons. The van der Waals surface area contributed by atoms with Gasteiger partial charge in [0.05, 0.1) is 12.2 Å². The molecule has 1 unspecified atom stereocenters. The summed E-state index contributed by atoms with van der Waals surface area (Å²) < 4.78 is 0. The maximum Gasteiger partial charge on any atom is 0.191 e. The number of hydrogen-bond donors (Lipinski definition) is 3. The Morgan fingerprint density at radius 3 is 2.70 bits per heavy atom. The van der Waals surface area contributed by atoms with Gasteiger partial charge in [-0.05, 0) is 25.7 Å². The number of thiazole rings is 1. The molecule has 1 aromatic heterocycles. The molecular formula is C16H31N5OS. The minimum absolute atomic E-state index is 0.242. The first-order chi connectivity index (χ1) is 11.1. The molecule has 0 amide bonds. The van der Waals surface area contributed by atoms with Crippen molar-refractivity contribution in [3.8, 4) is 0 Å². The first-order valence-corrected chi connectivity index (χ1v) is 9.23. The van der Waals surface area contributed by atoms with Crippen molar-refractivity contribution in [2.75, 3.05) is 38.7 Å². The van der Waals surface area contributed by atoms with E-state index in [1.165, 1.54) is 0 Å². The summed E-state index contributed by atoms with van der Waals surface area (Å²) in [5, 5.41) is 18.8. The molecular weight excluding hydrogens is 310 g/mol.